The first-order chi connectivity index (χ1) is 11.6. The molecule has 1 amide bonds. The Balaban J connectivity index is 1.75. The van der Waals surface area contributed by atoms with E-state index < -0.39 is 0 Å². The third-order valence-corrected chi connectivity index (χ3v) is 4.11. The highest BCUT2D eigenvalue weighted by atomic mass is 16.1. The van der Waals surface area contributed by atoms with Gasteiger partial charge in [0.2, 0.25) is 11.9 Å². The number of rotatable bonds is 3. The topological polar surface area (TPSA) is 88.0 Å². The summed E-state index contributed by atoms with van der Waals surface area (Å²) >= 11 is 0. The van der Waals surface area contributed by atoms with Gasteiger partial charge in [-0.15, -0.1) is 0 Å². The Labute approximate surface area is 137 Å². The minimum absolute atomic E-state index is 0.144. The molecule has 0 saturated heterocycles. The molecule has 0 aliphatic heterocycles. The summed E-state index contributed by atoms with van der Waals surface area (Å²) in [7, 11) is 0. The molecule has 4 rings (SSSR count). The van der Waals surface area contributed by atoms with Gasteiger partial charge in [-0.05, 0) is 26.0 Å². The van der Waals surface area contributed by atoms with Gasteiger partial charge in [0.1, 0.15) is 0 Å². The Bertz CT molecular complexity index is 1050. The number of fused-ring (bicyclic) bond motifs is 3. The van der Waals surface area contributed by atoms with E-state index in [9.17, 15) is 4.79 Å². The molecule has 0 aliphatic rings. The van der Waals surface area contributed by atoms with Crippen molar-refractivity contribution in [3.8, 4) is 0 Å². The minimum Gasteiger partial charge on any atom is -0.331 e. The van der Waals surface area contributed by atoms with Crippen LogP contribution in [0.1, 0.15) is 17.0 Å². The normalized spacial score (nSPS) is 11.2. The lowest BCUT2D eigenvalue weighted by atomic mass is 10.1. The Morgan fingerprint density at radius 3 is 2.92 bits per heavy atom. The third-order valence-electron chi connectivity index (χ3n) is 4.11. The summed E-state index contributed by atoms with van der Waals surface area (Å²) in [5.74, 6) is 0.295. The standard InChI is InChI=1S/C17H16N6O/c1-10-13(9-15(24)21-17-18-7-8-19-17)11(2)23-16(20-10)12-5-3-4-6-14(12)22-23/h3-8H,9H2,1-2H3,(H2,18,19,21,24). The zero-order valence-corrected chi connectivity index (χ0v) is 13.4. The second-order valence-corrected chi connectivity index (χ2v) is 5.68. The average Bonchev–Trinajstić information content (AvgIpc) is 3.19. The van der Waals surface area contributed by atoms with E-state index in [1.165, 1.54) is 0 Å². The smallest absolute Gasteiger partial charge is 0.231 e. The van der Waals surface area contributed by atoms with Crippen molar-refractivity contribution < 1.29 is 4.79 Å². The Morgan fingerprint density at radius 1 is 1.29 bits per heavy atom. The molecule has 24 heavy (non-hydrogen) atoms. The highest BCUT2D eigenvalue weighted by Crippen LogP contribution is 2.22. The fraction of sp³-hybridized carbons (Fsp3) is 0.176. The number of anilines is 1. The van der Waals surface area contributed by atoms with Crippen molar-refractivity contribution in [1.29, 1.82) is 0 Å². The maximum absolute atomic E-state index is 12.3. The average molecular weight is 320 g/mol. The van der Waals surface area contributed by atoms with Crippen molar-refractivity contribution in [2.75, 3.05) is 5.32 Å². The van der Waals surface area contributed by atoms with Crippen LogP contribution in [-0.2, 0) is 11.2 Å². The predicted octanol–water partition coefficient (Wildman–Crippen LogP) is 2.40. The number of H-pyrrole nitrogens is 1. The lowest BCUT2D eigenvalue weighted by Gasteiger charge is -2.10. The number of nitrogens with one attached hydrogen (secondary N) is 2. The molecule has 7 heteroatoms. The Morgan fingerprint density at radius 2 is 2.12 bits per heavy atom. The lowest BCUT2D eigenvalue weighted by Crippen LogP contribution is -2.18. The maximum Gasteiger partial charge on any atom is 0.231 e. The van der Waals surface area contributed by atoms with Gasteiger partial charge in [-0.3, -0.25) is 10.1 Å². The molecule has 2 N–H and O–H groups in total. The molecule has 120 valence electrons. The highest BCUT2D eigenvalue weighted by molar-refractivity contribution is 5.93. The summed E-state index contributed by atoms with van der Waals surface area (Å²) in [6, 6.07) is 7.89. The van der Waals surface area contributed by atoms with Crippen LogP contribution >= 0.6 is 0 Å². The van der Waals surface area contributed by atoms with Crippen LogP contribution in [-0.4, -0.2) is 30.5 Å². The number of carbonyl (C=O) groups excluding carboxylic acids is 1. The second kappa shape index (κ2) is 5.45. The van der Waals surface area contributed by atoms with Crippen molar-refractivity contribution in [1.82, 2.24) is 24.6 Å². The molecular formula is C17H16N6O. The van der Waals surface area contributed by atoms with Crippen molar-refractivity contribution in [2.24, 2.45) is 0 Å². The van der Waals surface area contributed by atoms with Gasteiger partial charge < -0.3 is 4.98 Å². The van der Waals surface area contributed by atoms with E-state index in [0.29, 0.717) is 5.95 Å². The van der Waals surface area contributed by atoms with Crippen LogP contribution in [0.2, 0.25) is 0 Å². The highest BCUT2D eigenvalue weighted by Gasteiger charge is 2.16. The lowest BCUT2D eigenvalue weighted by molar-refractivity contribution is -0.115. The zero-order chi connectivity index (χ0) is 16.7. The van der Waals surface area contributed by atoms with E-state index in [-0.39, 0.29) is 12.3 Å². The van der Waals surface area contributed by atoms with E-state index in [1.54, 1.807) is 12.4 Å². The third kappa shape index (κ3) is 2.30. The largest absolute Gasteiger partial charge is 0.331 e. The summed E-state index contributed by atoms with van der Waals surface area (Å²) < 4.78 is 1.81. The molecule has 3 aromatic heterocycles. The summed E-state index contributed by atoms with van der Waals surface area (Å²) in [6.45, 7) is 3.88. The number of amides is 1. The first kappa shape index (κ1) is 14.4. The molecule has 0 radical (unpaired) electrons. The molecule has 3 heterocycles. The maximum atomic E-state index is 12.3. The van der Waals surface area contributed by atoms with Gasteiger partial charge in [0.25, 0.3) is 0 Å². The predicted molar refractivity (Wildman–Crippen MR) is 90.9 cm³/mol. The van der Waals surface area contributed by atoms with E-state index in [2.05, 4.69) is 25.4 Å². The summed E-state index contributed by atoms with van der Waals surface area (Å²) in [6.07, 6.45) is 3.47. The molecule has 0 spiro atoms. The number of imidazole rings is 1. The van der Waals surface area contributed by atoms with Gasteiger partial charge in [0, 0.05) is 34.7 Å². The van der Waals surface area contributed by atoms with Crippen molar-refractivity contribution in [2.45, 2.75) is 20.3 Å². The quantitative estimate of drug-likeness (QED) is 0.607. The van der Waals surface area contributed by atoms with Crippen LogP contribution in [0, 0.1) is 13.8 Å². The van der Waals surface area contributed by atoms with E-state index in [1.807, 2.05) is 42.6 Å². The van der Waals surface area contributed by atoms with Gasteiger partial charge in [0.15, 0.2) is 5.65 Å². The zero-order valence-electron chi connectivity index (χ0n) is 13.4. The minimum atomic E-state index is -0.144. The molecule has 0 aliphatic carbocycles. The van der Waals surface area contributed by atoms with Crippen LogP contribution in [0.5, 0.6) is 0 Å². The van der Waals surface area contributed by atoms with Crippen molar-refractivity contribution in [3.05, 3.63) is 53.6 Å². The summed E-state index contributed by atoms with van der Waals surface area (Å²) in [5.41, 5.74) is 4.34. The number of hydrogen-bond acceptors (Lipinski definition) is 4. The Kier molecular flexibility index (Phi) is 3.26. The number of aromatic amines is 1. The van der Waals surface area contributed by atoms with Crippen LogP contribution < -0.4 is 5.32 Å². The van der Waals surface area contributed by atoms with Crippen molar-refractivity contribution >= 4 is 28.4 Å². The van der Waals surface area contributed by atoms with Crippen LogP contribution in [0.4, 0.5) is 5.95 Å². The van der Waals surface area contributed by atoms with Crippen LogP contribution in [0.15, 0.2) is 36.7 Å². The van der Waals surface area contributed by atoms with Gasteiger partial charge in [-0.1, -0.05) is 12.1 Å². The van der Waals surface area contributed by atoms with Crippen LogP contribution in [0.25, 0.3) is 16.6 Å². The fourth-order valence-electron chi connectivity index (χ4n) is 2.90. The first-order valence-corrected chi connectivity index (χ1v) is 7.66. The summed E-state index contributed by atoms with van der Waals surface area (Å²) in [5, 5.41) is 8.35. The second-order valence-electron chi connectivity index (χ2n) is 5.68. The number of carbonyl (C=O) groups is 1. The van der Waals surface area contributed by atoms with E-state index in [0.717, 1.165) is 33.5 Å². The van der Waals surface area contributed by atoms with Gasteiger partial charge in [-0.2, -0.15) is 5.10 Å². The molecule has 1 aromatic carbocycles. The number of aryl methyl sites for hydroxylation is 2. The molecular weight excluding hydrogens is 304 g/mol. The molecule has 0 saturated carbocycles. The molecule has 0 atom stereocenters. The monoisotopic (exact) mass is 320 g/mol. The van der Waals surface area contributed by atoms with Crippen molar-refractivity contribution in [3.63, 3.8) is 0 Å². The number of hydrogen-bond donors (Lipinski definition) is 2. The molecule has 0 bridgehead atoms. The van der Waals surface area contributed by atoms with Gasteiger partial charge in [-0.25, -0.2) is 14.5 Å². The molecule has 7 nitrogen and oxygen atoms in total. The van der Waals surface area contributed by atoms with Crippen LogP contribution in [0.3, 0.4) is 0 Å². The number of nitrogens with zero attached hydrogens (tertiary/aromatic N) is 4. The molecule has 0 unspecified atom stereocenters. The van der Waals surface area contributed by atoms with Gasteiger partial charge in [0.05, 0.1) is 11.9 Å². The first-order valence-electron chi connectivity index (χ1n) is 7.66. The summed E-state index contributed by atoms with van der Waals surface area (Å²) in [4.78, 5) is 23.8. The fourth-order valence-corrected chi connectivity index (χ4v) is 2.90. The SMILES string of the molecule is Cc1nc2c3ccccc3nn2c(C)c1CC(=O)Nc1ncc[nH]1. The Hall–Kier alpha value is -3.22. The van der Waals surface area contributed by atoms with Gasteiger partial charge >= 0.3 is 0 Å². The molecule has 4 aromatic rings. The number of aromatic nitrogens is 5. The van der Waals surface area contributed by atoms with E-state index in [4.69, 9.17) is 0 Å². The number of benzene rings is 1. The van der Waals surface area contributed by atoms with E-state index >= 15 is 0 Å². The molecule has 0 fully saturated rings.